The second-order valence-corrected chi connectivity index (χ2v) is 4.21. The maximum atomic E-state index is 6.16. The first-order valence-corrected chi connectivity index (χ1v) is 5.38. The van der Waals surface area contributed by atoms with Crippen LogP contribution in [0.25, 0.3) is 0 Å². The van der Waals surface area contributed by atoms with Crippen LogP contribution >= 0.6 is 0 Å². The highest BCUT2D eigenvalue weighted by Gasteiger charge is 2.25. The summed E-state index contributed by atoms with van der Waals surface area (Å²) in [5.41, 5.74) is 6.16. The van der Waals surface area contributed by atoms with Gasteiger partial charge in [-0.2, -0.15) is 0 Å². The monoisotopic (exact) mass is 194 g/mol. The average Bonchev–Trinajstić information content (AvgIpc) is 2.46. The van der Waals surface area contributed by atoms with E-state index in [0.29, 0.717) is 5.92 Å². The van der Waals surface area contributed by atoms with Gasteiger partial charge in [0, 0.05) is 19.0 Å². The van der Waals surface area contributed by atoms with E-state index in [2.05, 4.69) is 10.2 Å². The number of nitrogens with zero attached hydrogens (tertiary/aromatic N) is 3. The molecule has 0 saturated heterocycles. The highest BCUT2D eigenvalue weighted by Crippen LogP contribution is 2.29. The van der Waals surface area contributed by atoms with Crippen molar-refractivity contribution < 1.29 is 0 Å². The molecule has 1 aliphatic carbocycles. The summed E-state index contributed by atoms with van der Waals surface area (Å²) in [4.78, 5) is 0. The zero-order valence-corrected chi connectivity index (χ0v) is 8.69. The highest BCUT2D eigenvalue weighted by atomic mass is 15.2. The first-order valence-electron chi connectivity index (χ1n) is 5.38. The second-order valence-electron chi connectivity index (χ2n) is 4.21. The fraction of sp³-hybridized carbons (Fsp3) is 0.800. The third kappa shape index (κ3) is 1.80. The van der Waals surface area contributed by atoms with Crippen molar-refractivity contribution in [3.8, 4) is 0 Å². The maximum Gasteiger partial charge on any atom is 0.137 e. The first-order chi connectivity index (χ1) is 6.79. The van der Waals surface area contributed by atoms with Crippen molar-refractivity contribution in [2.75, 3.05) is 0 Å². The number of hydrogen-bond donors (Lipinski definition) is 1. The van der Waals surface area contributed by atoms with E-state index in [1.54, 1.807) is 6.33 Å². The lowest BCUT2D eigenvalue weighted by Gasteiger charge is -2.19. The summed E-state index contributed by atoms with van der Waals surface area (Å²) in [6, 6.07) is 0.264. The molecule has 0 aliphatic heterocycles. The van der Waals surface area contributed by atoms with Crippen molar-refractivity contribution in [1.82, 2.24) is 14.8 Å². The van der Waals surface area contributed by atoms with Crippen LogP contribution in [-0.2, 0) is 7.05 Å². The summed E-state index contributed by atoms with van der Waals surface area (Å²) in [6.45, 7) is 0. The van der Waals surface area contributed by atoms with Crippen molar-refractivity contribution in [2.24, 2.45) is 12.8 Å². The van der Waals surface area contributed by atoms with Gasteiger partial charge in [0.1, 0.15) is 12.2 Å². The van der Waals surface area contributed by atoms with Crippen LogP contribution in [0, 0.1) is 0 Å². The van der Waals surface area contributed by atoms with Crippen LogP contribution < -0.4 is 5.73 Å². The van der Waals surface area contributed by atoms with E-state index in [-0.39, 0.29) is 6.04 Å². The Hall–Kier alpha value is -0.900. The number of nitrogens with two attached hydrogens (primary N) is 1. The van der Waals surface area contributed by atoms with Crippen LogP contribution in [0.3, 0.4) is 0 Å². The van der Waals surface area contributed by atoms with E-state index in [1.807, 2.05) is 11.6 Å². The summed E-state index contributed by atoms with van der Waals surface area (Å²) < 4.78 is 2.00. The molecule has 1 aromatic heterocycles. The second kappa shape index (κ2) is 4.09. The number of aromatic nitrogens is 3. The Morgan fingerprint density at radius 3 is 2.86 bits per heavy atom. The van der Waals surface area contributed by atoms with Gasteiger partial charge in [-0.25, -0.2) is 0 Å². The Morgan fingerprint density at radius 1 is 1.36 bits per heavy atom. The fourth-order valence-corrected chi connectivity index (χ4v) is 2.28. The predicted octanol–water partition coefficient (Wildman–Crippen LogP) is 1.19. The van der Waals surface area contributed by atoms with Crippen molar-refractivity contribution in [1.29, 1.82) is 0 Å². The predicted molar refractivity (Wildman–Crippen MR) is 54.8 cm³/mol. The van der Waals surface area contributed by atoms with Crippen LogP contribution in [-0.4, -0.2) is 20.8 Å². The van der Waals surface area contributed by atoms with Gasteiger partial charge < -0.3 is 10.3 Å². The minimum atomic E-state index is 0.264. The summed E-state index contributed by atoms with van der Waals surface area (Å²) >= 11 is 0. The highest BCUT2D eigenvalue weighted by molar-refractivity contribution is 5.01. The molecule has 78 valence electrons. The molecular formula is C10H18N4. The normalized spacial score (nSPS) is 28.7. The van der Waals surface area contributed by atoms with E-state index >= 15 is 0 Å². The van der Waals surface area contributed by atoms with Crippen LogP contribution in [0.2, 0.25) is 0 Å². The topological polar surface area (TPSA) is 56.7 Å². The zero-order valence-electron chi connectivity index (χ0n) is 8.69. The Labute approximate surface area is 84.5 Å². The van der Waals surface area contributed by atoms with E-state index in [1.165, 1.54) is 19.3 Å². The zero-order chi connectivity index (χ0) is 9.97. The Balaban J connectivity index is 2.19. The quantitative estimate of drug-likeness (QED) is 0.683. The number of rotatable bonds is 1. The Kier molecular flexibility index (Phi) is 2.82. The molecule has 0 aromatic carbocycles. The molecule has 14 heavy (non-hydrogen) atoms. The Bertz CT molecular complexity index is 294. The lowest BCUT2D eigenvalue weighted by atomic mass is 9.95. The molecule has 2 N–H and O–H groups in total. The molecule has 1 aromatic rings. The van der Waals surface area contributed by atoms with Crippen LogP contribution in [0.5, 0.6) is 0 Å². The molecule has 0 bridgehead atoms. The van der Waals surface area contributed by atoms with Crippen LogP contribution in [0.15, 0.2) is 6.33 Å². The average molecular weight is 194 g/mol. The minimum absolute atomic E-state index is 0.264. The van der Waals surface area contributed by atoms with Gasteiger partial charge in [0.25, 0.3) is 0 Å². The lowest BCUT2D eigenvalue weighted by Crippen LogP contribution is -2.29. The number of aryl methyl sites for hydroxylation is 1. The van der Waals surface area contributed by atoms with E-state index in [4.69, 9.17) is 5.73 Å². The summed E-state index contributed by atoms with van der Waals surface area (Å²) in [6.07, 6.45) is 7.88. The molecule has 2 atom stereocenters. The summed E-state index contributed by atoms with van der Waals surface area (Å²) in [7, 11) is 1.99. The fourth-order valence-electron chi connectivity index (χ4n) is 2.28. The molecule has 2 rings (SSSR count). The van der Waals surface area contributed by atoms with Gasteiger partial charge >= 0.3 is 0 Å². The van der Waals surface area contributed by atoms with E-state index in [0.717, 1.165) is 18.7 Å². The molecule has 1 heterocycles. The first kappa shape index (κ1) is 9.65. The lowest BCUT2D eigenvalue weighted by molar-refractivity contribution is 0.471. The van der Waals surface area contributed by atoms with Crippen molar-refractivity contribution >= 4 is 0 Å². The molecule has 0 amide bonds. The third-order valence-electron chi connectivity index (χ3n) is 3.15. The van der Waals surface area contributed by atoms with Crippen LogP contribution in [0.4, 0.5) is 0 Å². The molecule has 0 spiro atoms. The molecular weight excluding hydrogens is 176 g/mol. The van der Waals surface area contributed by atoms with Crippen LogP contribution in [0.1, 0.15) is 43.8 Å². The van der Waals surface area contributed by atoms with Gasteiger partial charge in [-0.15, -0.1) is 10.2 Å². The van der Waals surface area contributed by atoms with Gasteiger partial charge in [0.2, 0.25) is 0 Å². The summed E-state index contributed by atoms with van der Waals surface area (Å²) in [5.74, 6) is 1.46. The molecule has 1 fully saturated rings. The van der Waals surface area contributed by atoms with E-state index in [9.17, 15) is 0 Å². The van der Waals surface area contributed by atoms with Gasteiger partial charge in [0.15, 0.2) is 0 Å². The SMILES string of the molecule is Cn1cnnc1C1CCCCCC1N. The largest absolute Gasteiger partial charge is 0.327 e. The van der Waals surface area contributed by atoms with Crippen molar-refractivity contribution in [3.63, 3.8) is 0 Å². The molecule has 4 nitrogen and oxygen atoms in total. The molecule has 1 aliphatic rings. The molecule has 2 unspecified atom stereocenters. The minimum Gasteiger partial charge on any atom is -0.327 e. The van der Waals surface area contributed by atoms with Crippen molar-refractivity contribution in [3.05, 3.63) is 12.2 Å². The standard InChI is InChI=1S/C10H18N4/c1-14-7-12-13-10(14)8-5-3-2-4-6-9(8)11/h7-9H,2-6,11H2,1H3. The van der Waals surface area contributed by atoms with Gasteiger partial charge in [-0.3, -0.25) is 0 Å². The summed E-state index contributed by atoms with van der Waals surface area (Å²) in [5, 5.41) is 8.08. The number of hydrogen-bond acceptors (Lipinski definition) is 3. The molecule has 0 radical (unpaired) electrons. The van der Waals surface area contributed by atoms with Gasteiger partial charge in [-0.1, -0.05) is 19.3 Å². The maximum absolute atomic E-state index is 6.16. The van der Waals surface area contributed by atoms with Crippen molar-refractivity contribution in [2.45, 2.75) is 44.1 Å². The van der Waals surface area contributed by atoms with Gasteiger partial charge in [-0.05, 0) is 12.8 Å². The Morgan fingerprint density at radius 2 is 2.14 bits per heavy atom. The molecule has 1 saturated carbocycles. The van der Waals surface area contributed by atoms with Gasteiger partial charge in [0.05, 0.1) is 0 Å². The smallest absolute Gasteiger partial charge is 0.137 e. The molecule has 4 heteroatoms. The van der Waals surface area contributed by atoms with E-state index < -0.39 is 0 Å². The third-order valence-corrected chi connectivity index (χ3v) is 3.15.